The monoisotopic (exact) mass is 344 g/mol. The Bertz CT molecular complexity index is 594. The molecule has 1 fully saturated rings. The van der Waals surface area contributed by atoms with Crippen molar-refractivity contribution in [1.29, 1.82) is 0 Å². The lowest BCUT2D eigenvalue weighted by molar-refractivity contribution is -0.131. The van der Waals surface area contributed by atoms with Crippen LogP contribution in [0.4, 0.5) is 0 Å². The first-order chi connectivity index (χ1) is 12.2. The Morgan fingerprint density at radius 3 is 2.68 bits per heavy atom. The highest BCUT2D eigenvalue weighted by Crippen LogP contribution is 2.29. The van der Waals surface area contributed by atoms with E-state index in [0.29, 0.717) is 26.0 Å². The molecule has 1 aromatic rings. The molecule has 5 nitrogen and oxygen atoms in total. The van der Waals surface area contributed by atoms with Crippen molar-refractivity contribution < 1.29 is 14.3 Å². The average Bonchev–Trinajstić information content (AvgIpc) is 2.91. The minimum Gasteiger partial charge on any atom is -0.373 e. The molecule has 0 unspecified atom stereocenters. The molecular weight excluding hydrogens is 316 g/mol. The van der Waals surface area contributed by atoms with Crippen molar-refractivity contribution in [1.82, 2.24) is 10.2 Å². The number of rotatable bonds is 5. The highest BCUT2D eigenvalue weighted by Gasteiger charge is 2.23. The third kappa shape index (κ3) is 5.05. The quantitative estimate of drug-likeness (QED) is 0.893. The number of nitrogens with one attached hydrogen (secondary N) is 1. The van der Waals surface area contributed by atoms with Gasteiger partial charge in [-0.25, -0.2) is 0 Å². The molecule has 1 aromatic carbocycles. The number of carbonyl (C=O) groups is 2. The van der Waals surface area contributed by atoms with E-state index in [1.807, 2.05) is 23.1 Å². The van der Waals surface area contributed by atoms with Crippen LogP contribution in [0, 0.1) is 0 Å². The maximum Gasteiger partial charge on any atom is 0.224 e. The van der Waals surface area contributed by atoms with E-state index in [-0.39, 0.29) is 17.9 Å². The number of hydrogen-bond donors (Lipinski definition) is 1. The van der Waals surface area contributed by atoms with E-state index in [0.717, 1.165) is 37.9 Å². The van der Waals surface area contributed by atoms with Crippen LogP contribution in [-0.2, 0) is 20.7 Å². The van der Waals surface area contributed by atoms with Gasteiger partial charge < -0.3 is 15.0 Å². The van der Waals surface area contributed by atoms with Crippen molar-refractivity contribution in [2.75, 3.05) is 26.2 Å². The van der Waals surface area contributed by atoms with Crippen molar-refractivity contribution in [3.63, 3.8) is 0 Å². The average molecular weight is 344 g/mol. The Kier molecular flexibility index (Phi) is 6.45. The minimum atomic E-state index is -0.175. The summed E-state index contributed by atoms with van der Waals surface area (Å²) in [4.78, 5) is 26.4. The van der Waals surface area contributed by atoms with Crippen LogP contribution in [0.25, 0.3) is 0 Å². The smallest absolute Gasteiger partial charge is 0.224 e. The van der Waals surface area contributed by atoms with Gasteiger partial charge in [-0.2, -0.15) is 0 Å². The van der Waals surface area contributed by atoms with Crippen molar-refractivity contribution >= 4 is 11.8 Å². The first kappa shape index (κ1) is 17.9. The van der Waals surface area contributed by atoms with Crippen LogP contribution in [0.2, 0.25) is 0 Å². The topological polar surface area (TPSA) is 58.6 Å². The third-order valence-corrected chi connectivity index (χ3v) is 5.08. The number of nitrogens with zero attached hydrogens (tertiary/aromatic N) is 1. The number of fused-ring (bicyclic) bond motifs is 1. The molecule has 1 N–H and O–H groups in total. The predicted molar refractivity (Wildman–Crippen MR) is 96.1 cm³/mol. The first-order valence-corrected chi connectivity index (χ1v) is 9.48. The van der Waals surface area contributed by atoms with E-state index in [4.69, 9.17) is 4.74 Å². The normalized spacial score (nSPS) is 20.5. The SMILES string of the molecule is O=C(C[C@@H]1OCCc2ccccc21)NCCC(=O)N1CCCCCC1. The molecule has 0 aromatic heterocycles. The maximum atomic E-state index is 12.2. The molecule has 136 valence electrons. The van der Waals surface area contributed by atoms with Crippen LogP contribution in [0.15, 0.2) is 24.3 Å². The van der Waals surface area contributed by atoms with E-state index >= 15 is 0 Å². The molecule has 2 amide bonds. The molecule has 0 spiro atoms. The molecule has 0 aliphatic carbocycles. The zero-order chi connectivity index (χ0) is 17.5. The number of benzene rings is 1. The van der Waals surface area contributed by atoms with Gasteiger partial charge in [-0.3, -0.25) is 9.59 Å². The van der Waals surface area contributed by atoms with Gasteiger partial charge in [0.1, 0.15) is 0 Å². The standard InChI is InChI=1S/C20H28N2O3/c23-19(15-18-17-8-4-3-7-16(17)10-14-25-18)21-11-9-20(24)22-12-5-1-2-6-13-22/h3-4,7-8,18H,1-2,5-6,9-15H2,(H,21,23)/t18-/m0/s1. The van der Waals surface area contributed by atoms with Gasteiger partial charge in [0.15, 0.2) is 0 Å². The van der Waals surface area contributed by atoms with Gasteiger partial charge >= 0.3 is 0 Å². The summed E-state index contributed by atoms with van der Waals surface area (Å²) in [6, 6.07) is 8.14. The maximum absolute atomic E-state index is 12.2. The zero-order valence-electron chi connectivity index (χ0n) is 14.8. The Hall–Kier alpha value is -1.88. The highest BCUT2D eigenvalue weighted by molar-refractivity contribution is 5.79. The van der Waals surface area contributed by atoms with Gasteiger partial charge in [0.25, 0.3) is 0 Å². The molecule has 0 bridgehead atoms. The Labute approximate surface area is 149 Å². The van der Waals surface area contributed by atoms with Crippen molar-refractivity contribution in [3.05, 3.63) is 35.4 Å². The van der Waals surface area contributed by atoms with Crippen LogP contribution in [0.3, 0.4) is 0 Å². The van der Waals surface area contributed by atoms with Gasteiger partial charge in [0, 0.05) is 26.1 Å². The molecule has 5 heteroatoms. The van der Waals surface area contributed by atoms with Crippen molar-refractivity contribution in [3.8, 4) is 0 Å². The summed E-state index contributed by atoms with van der Waals surface area (Å²) in [5, 5.41) is 2.88. The van der Waals surface area contributed by atoms with Crippen LogP contribution >= 0.6 is 0 Å². The molecule has 0 radical (unpaired) electrons. The molecule has 1 saturated heterocycles. The predicted octanol–water partition coefficient (Wildman–Crippen LogP) is 2.60. The number of carbonyl (C=O) groups excluding carboxylic acids is 2. The molecule has 3 rings (SSSR count). The molecule has 25 heavy (non-hydrogen) atoms. The highest BCUT2D eigenvalue weighted by atomic mass is 16.5. The summed E-state index contributed by atoms with van der Waals surface area (Å²) in [6.07, 6.45) is 6.03. The lowest BCUT2D eigenvalue weighted by atomic mass is 9.95. The van der Waals surface area contributed by atoms with Gasteiger partial charge in [-0.05, 0) is 30.4 Å². The van der Waals surface area contributed by atoms with E-state index in [2.05, 4.69) is 11.4 Å². The van der Waals surface area contributed by atoms with Crippen molar-refractivity contribution in [2.24, 2.45) is 0 Å². The Morgan fingerprint density at radius 2 is 1.88 bits per heavy atom. The second kappa shape index (κ2) is 8.99. The first-order valence-electron chi connectivity index (χ1n) is 9.48. The summed E-state index contributed by atoms with van der Waals surface area (Å²) < 4.78 is 5.78. The molecule has 2 heterocycles. The summed E-state index contributed by atoms with van der Waals surface area (Å²) in [7, 11) is 0. The minimum absolute atomic E-state index is 0.0506. The molecule has 2 aliphatic heterocycles. The zero-order valence-corrected chi connectivity index (χ0v) is 14.8. The Morgan fingerprint density at radius 1 is 1.12 bits per heavy atom. The second-order valence-corrected chi connectivity index (χ2v) is 6.91. The number of hydrogen-bond acceptors (Lipinski definition) is 3. The van der Waals surface area contributed by atoms with E-state index in [1.54, 1.807) is 0 Å². The fraction of sp³-hybridized carbons (Fsp3) is 0.600. The molecule has 1 atom stereocenters. The molecule has 2 aliphatic rings. The largest absolute Gasteiger partial charge is 0.373 e. The van der Waals surface area contributed by atoms with Gasteiger partial charge in [-0.15, -0.1) is 0 Å². The van der Waals surface area contributed by atoms with Gasteiger partial charge in [0.05, 0.1) is 19.1 Å². The van der Waals surface area contributed by atoms with Gasteiger partial charge in [0.2, 0.25) is 11.8 Å². The van der Waals surface area contributed by atoms with E-state index < -0.39 is 0 Å². The fourth-order valence-corrected chi connectivity index (χ4v) is 3.67. The fourth-order valence-electron chi connectivity index (χ4n) is 3.67. The summed E-state index contributed by atoms with van der Waals surface area (Å²) in [6.45, 7) is 2.78. The number of amides is 2. The van der Waals surface area contributed by atoms with E-state index in [1.165, 1.54) is 18.4 Å². The summed E-state index contributed by atoms with van der Waals surface area (Å²) in [5.41, 5.74) is 2.38. The van der Waals surface area contributed by atoms with Crippen molar-refractivity contribution in [2.45, 2.75) is 51.0 Å². The summed E-state index contributed by atoms with van der Waals surface area (Å²) in [5.74, 6) is 0.104. The second-order valence-electron chi connectivity index (χ2n) is 6.91. The van der Waals surface area contributed by atoms with Crippen LogP contribution in [0.1, 0.15) is 55.8 Å². The van der Waals surface area contributed by atoms with Crippen LogP contribution < -0.4 is 5.32 Å². The Balaban J connectivity index is 1.42. The molecule has 0 saturated carbocycles. The lowest BCUT2D eigenvalue weighted by Gasteiger charge is -2.25. The molecular formula is C20H28N2O3. The van der Waals surface area contributed by atoms with Crippen LogP contribution in [-0.4, -0.2) is 43.0 Å². The van der Waals surface area contributed by atoms with Gasteiger partial charge in [-0.1, -0.05) is 37.1 Å². The number of likely N-dealkylation sites (tertiary alicyclic amines) is 1. The lowest BCUT2D eigenvalue weighted by Crippen LogP contribution is -2.35. The number of ether oxygens (including phenoxy) is 1. The van der Waals surface area contributed by atoms with E-state index in [9.17, 15) is 9.59 Å². The van der Waals surface area contributed by atoms with Crippen LogP contribution in [0.5, 0.6) is 0 Å². The summed E-state index contributed by atoms with van der Waals surface area (Å²) >= 11 is 0. The third-order valence-electron chi connectivity index (χ3n) is 5.08.